The van der Waals surface area contributed by atoms with Crippen LogP contribution in [0.5, 0.6) is 0 Å². The number of fused-ring (bicyclic) bond motifs is 2. The molecule has 1 aliphatic heterocycles. The van der Waals surface area contributed by atoms with Gasteiger partial charge in [0, 0.05) is 13.0 Å². The molecule has 0 radical (unpaired) electrons. The fraction of sp³-hybridized carbons (Fsp3) is 0.389. The molecule has 2 heterocycles. The van der Waals surface area contributed by atoms with Crippen LogP contribution in [0, 0.1) is 0 Å². The van der Waals surface area contributed by atoms with E-state index in [1.54, 1.807) is 22.8 Å². The van der Waals surface area contributed by atoms with Gasteiger partial charge in [-0.15, -0.1) is 0 Å². The maximum absolute atomic E-state index is 12.7. The van der Waals surface area contributed by atoms with Crippen molar-refractivity contribution in [2.24, 2.45) is 0 Å². The third-order valence-electron chi connectivity index (χ3n) is 4.13. The molecule has 0 bridgehead atoms. The molecule has 0 N–H and O–H groups in total. The minimum Gasteiger partial charge on any atom is -0.458 e. The van der Waals surface area contributed by atoms with Crippen molar-refractivity contribution in [2.75, 3.05) is 6.61 Å². The van der Waals surface area contributed by atoms with Crippen molar-refractivity contribution < 1.29 is 9.53 Å². The van der Waals surface area contributed by atoms with Gasteiger partial charge in [0.1, 0.15) is 12.4 Å². The SMILES string of the molecule is C=CCOC(=O)c1ccc2c(=O)n3c(nc2c1)CCCCCC3. The van der Waals surface area contributed by atoms with E-state index in [0.717, 1.165) is 38.1 Å². The van der Waals surface area contributed by atoms with E-state index < -0.39 is 5.97 Å². The summed E-state index contributed by atoms with van der Waals surface area (Å²) in [6.07, 6.45) is 6.69. The summed E-state index contributed by atoms with van der Waals surface area (Å²) >= 11 is 0. The molecule has 5 heteroatoms. The van der Waals surface area contributed by atoms with Crippen LogP contribution < -0.4 is 5.56 Å². The molecule has 0 fully saturated rings. The van der Waals surface area contributed by atoms with Crippen molar-refractivity contribution in [3.63, 3.8) is 0 Å². The molecule has 0 amide bonds. The molecular weight excluding hydrogens is 292 g/mol. The largest absolute Gasteiger partial charge is 0.458 e. The zero-order valence-corrected chi connectivity index (χ0v) is 13.1. The normalized spacial score (nSPS) is 14.6. The van der Waals surface area contributed by atoms with E-state index in [2.05, 4.69) is 11.6 Å². The van der Waals surface area contributed by atoms with Crippen molar-refractivity contribution in [3.8, 4) is 0 Å². The highest BCUT2D eigenvalue weighted by Gasteiger charge is 2.15. The van der Waals surface area contributed by atoms with Crippen molar-refractivity contribution in [1.82, 2.24) is 9.55 Å². The number of hydrogen-bond acceptors (Lipinski definition) is 4. The van der Waals surface area contributed by atoms with E-state index in [0.29, 0.717) is 16.5 Å². The maximum atomic E-state index is 12.7. The van der Waals surface area contributed by atoms with Gasteiger partial charge in [-0.05, 0) is 31.0 Å². The second-order valence-corrected chi connectivity index (χ2v) is 5.77. The maximum Gasteiger partial charge on any atom is 0.338 e. The smallest absolute Gasteiger partial charge is 0.338 e. The summed E-state index contributed by atoms with van der Waals surface area (Å²) in [5, 5.41) is 0.551. The fourth-order valence-electron chi connectivity index (χ4n) is 2.94. The molecule has 1 aromatic carbocycles. The third kappa shape index (κ3) is 3.18. The molecule has 23 heavy (non-hydrogen) atoms. The van der Waals surface area contributed by atoms with Gasteiger partial charge in [0.25, 0.3) is 5.56 Å². The first-order chi connectivity index (χ1) is 11.2. The van der Waals surface area contributed by atoms with Crippen molar-refractivity contribution >= 4 is 16.9 Å². The minimum absolute atomic E-state index is 0.0158. The number of ether oxygens (including phenoxy) is 1. The molecule has 0 saturated carbocycles. The molecule has 2 aromatic rings. The van der Waals surface area contributed by atoms with Gasteiger partial charge in [-0.25, -0.2) is 9.78 Å². The second-order valence-electron chi connectivity index (χ2n) is 5.77. The number of aryl methyl sites for hydroxylation is 1. The number of aromatic nitrogens is 2. The first-order valence-electron chi connectivity index (χ1n) is 8.02. The van der Waals surface area contributed by atoms with E-state index in [9.17, 15) is 9.59 Å². The van der Waals surface area contributed by atoms with Crippen LogP contribution in [-0.2, 0) is 17.7 Å². The molecule has 0 saturated heterocycles. The molecule has 0 atom stereocenters. The van der Waals surface area contributed by atoms with Crippen molar-refractivity contribution in [3.05, 3.63) is 52.6 Å². The van der Waals surface area contributed by atoms with Crippen LogP contribution in [0.3, 0.4) is 0 Å². The van der Waals surface area contributed by atoms with Crippen LogP contribution in [-0.4, -0.2) is 22.1 Å². The molecule has 0 aliphatic carbocycles. The first-order valence-corrected chi connectivity index (χ1v) is 8.02. The Balaban J connectivity index is 2.05. The lowest BCUT2D eigenvalue weighted by molar-refractivity contribution is 0.0550. The Bertz CT molecular complexity index is 808. The average Bonchev–Trinajstić information content (AvgIpc) is 2.54. The van der Waals surface area contributed by atoms with Crippen LogP contribution in [0.4, 0.5) is 0 Å². The Morgan fingerprint density at radius 2 is 2.13 bits per heavy atom. The Labute approximate surface area is 134 Å². The summed E-state index contributed by atoms with van der Waals surface area (Å²) in [7, 11) is 0. The third-order valence-corrected chi connectivity index (χ3v) is 4.13. The van der Waals surface area contributed by atoms with Gasteiger partial charge < -0.3 is 4.74 Å². The number of carbonyl (C=O) groups is 1. The predicted molar refractivity (Wildman–Crippen MR) is 88.7 cm³/mol. The summed E-state index contributed by atoms with van der Waals surface area (Å²) in [5.74, 6) is 0.388. The number of nitrogens with zero attached hydrogens (tertiary/aromatic N) is 2. The standard InChI is InChI=1S/C18H20N2O3/c1-2-11-23-18(22)13-8-9-14-15(12-13)19-16-7-5-3-4-6-10-20(16)17(14)21/h2,8-9,12H,1,3-7,10-11H2. The molecule has 120 valence electrons. The zero-order chi connectivity index (χ0) is 16.2. The van der Waals surface area contributed by atoms with Gasteiger partial charge in [-0.2, -0.15) is 0 Å². The highest BCUT2D eigenvalue weighted by Crippen LogP contribution is 2.16. The quantitative estimate of drug-likeness (QED) is 0.646. The van der Waals surface area contributed by atoms with Gasteiger partial charge in [0.05, 0.1) is 16.5 Å². The van der Waals surface area contributed by atoms with Gasteiger partial charge in [0.2, 0.25) is 0 Å². The number of hydrogen-bond donors (Lipinski definition) is 0. The van der Waals surface area contributed by atoms with E-state index >= 15 is 0 Å². The molecule has 0 spiro atoms. The highest BCUT2D eigenvalue weighted by molar-refractivity contribution is 5.94. The highest BCUT2D eigenvalue weighted by atomic mass is 16.5. The van der Waals surface area contributed by atoms with Gasteiger partial charge in [-0.3, -0.25) is 9.36 Å². The van der Waals surface area contributed by atoms with Gasteiger partial charge >= 0.3 is 5.97 Å². The summed E-state index contributed by atoms with van der Waals surface area (Å²) in [6.45, 7) is 4.41. The topological polar surface area (TPSA) is 61.2 Å². The lowest BCUT2D eigenvalue weighted by atomic mass is 10.1. The molecule has 1 aliphatic rings. The number of rotatable bonds is 3. The van der Waals surface area contributed by atoms with Gasteiger partial charge in [-0.1, -0.05) is 25.5 Å². The van der Waals surface area contributed by atoms with Crippen LogP contribution in [0.2, 0.25) is 0 Å². The summed E-state index contributed by atoms with van der Waals surface area (Å²) in [6, 6.07) is 4.93. The zero-order valence-electron chi connectivity index (χ0n) is 13.1. The number of carbonyl (C=O) groups excluding carboxylic acids is 1. The number of esters is 1. The van der Waals surface area contributed by atoms with Gasteiger partial charge in [0.15, 0.2) is 0 Å². The minimum atomic E-state index is -0.430. The van der Waals surface area contributed by atoms with Crippen molar-refractivity contribution in [1.29, 1.82) is 0 Å². The molecule has 0 unspecified atom stereocenters. The lowest BCUT2D eigenvalue weighted by Crippen LogP contribution is -2.26. The molecule has 3 rings (SSSR count). The Kier molecular flexibility index (Phi) is 4.55. The van der Waals surface area contributed by atoms with Crippen LogP contribution in [0.1, 0.15) is 41.9 Å². The first kappa shape index (κ1) is 15.5. The molecule has 1 aromatic heterocycles. The van der Waals surface area contributed by atoms with Crippen LogP contribution >= 0.6 is 0 Å². The summed E-state index contributed by atoms with van der Waals surface area (Å²) < 4.78 is 6.83. The lowest BCUT2D eigenvalue weighted by Gasteiger charge is -2.16. The second kappa shape index (κ2) is 6.77. The Hall–Kier alpha value is -2.43. The van der Waals surface area contributed by atoms with E-state index in [-0.39, 0.29) is 12.2 Å². The Morgan fingerprint density at radius 1 is 1.30 bits per heavy atom. The van der Waals surface area contributed by atoms with Crippen LogP contribution in [0.15, 0.2) is 35.6 Å². The number of benzene rings is 1. The van der Waals surface area contributed by atoms with Crippen molar-refractivity contribution in [2.45, 2.75) is 38.6 Å². The monoisotopic (exact) mass is 312 g/mol. The predicted octanol–water partition coefficient (Wildman–Crippen LogP) is 2.86. The fourth-order valence-corrected chi connectivity index (χ4v) is 2.94. The molecular formula is C18H20N2O3. The molecule has 5 nitrogen and oxygen atoms in total. The summed E-state index contributed by atoms with van der Waals surface area (Å²) in [4.78, 5) is 29.3. The Morgan fingerprint density at radius 3 is 2.96 bits per heavy atom. The van der Waals surface area contributed by atoms with E-state index in [4.69, 9.17) is 4.74 Å². The summed E-state index contributed by atoms with van der Waals surface area (Å²) in [5.41, 5.74) is 0.954. The average molecular weight is 312 g/mol. The van der Waals surface area contributed by atoms with Crippen LogP contribution in [0.25, 0.3) is 10.9 Å². The van der Waals surface area contributed by atoms with E-state index in [1.165, 1.54) is 12.5 Å². The van der Waals surface area contributed by atoms with E-state index in [1.807, 2.05) is 0 Å².